The summed E-state index contributed by atoms with van der Waals surface area (Å²) in [6, 6.07) is 12.2. The highest BCUT2D eigenvalue weighted by molar-refractivity contribution is 5.71. The van der Waals surface area contributed by atoms with Gasteiger partial charge in [-0.2, -0.15) is 13.2 Å². The van der Waals surface area contributed by atoms with Gasteiger partial charge in [-0.1, -0.05) is 6.07 Å². The molecule has 0 aliphatic carbocycles. The average Bonchev–Trinajstić information content (AvgIpc) is 2.78. The number of carboxylic acid groups (broad SMARTS) is 1. The van der Waals surface area contributed by atoms with E-state index in [4.69, 9.17) is 14.6 Å². The van der Waals surface area contributed by atoms with E-state index in [1.54, 1.807) is 18.2 Å². The van der Waals surface area contributed by atoms with Crippen molar-refractivity contribution >= 4 is 5.97 Å². The van der Waals surface area contributed by atoms with Gasteiger partial charge in [0.2, 0.25) is 0 Å². The molecule has 0 radical (unpaired) electrons. The van der Waals surface area contributed by atoms with E-state index in [0.717, 1.165) is 23.3 Å². The van der Waals surface area contributed by atoms with E-state index in [1.807, 2.05) is 26.0 Å². The summed E-state index contributed by atoms with van der Waals surface area (Å²) in [5.41, 5.74) is 2.09. The second kappa shape index (κ2) is 11.0. The van der Waals surface area contributed by atoms with Crippen molar-refractivity contribution < 1.29 is 32.5 Å². The second-order valence-corrected chi connectivity index (χ2v) is 7.99. The number of hydrogen-bond donors (Lipinski definition) is 1. The summed E-state index contributed by atoms with van der Waals surface area (Å²) in [6.45, 7) is 4.08. The number of carbonyl (C=O) groups is 1. The molecule has 8 heteroatoms. The van der Waals surface area contributed by atoms with Gasteiger partial charge in [-0.25, -0.2) is 0 Å². The number of rotatable bonds is 10. The smallest absolute Gasteiger partial charge is 0.416 e. The number of ether oxygens (including phenoxy) is 2. The lowest BCUT2D eigenvalue weighted by Crippen LogP contribution is -2.16. The van der Waals surface area contributed by atoms with Crippen LogP contribution in [0.2, 0.25) is 0 Å². The Morgan fingerprint density at radius 1 is 1.09 bits per heavy atom. The van der Waals surface area contributed by atoms with E-state index < -0.39 is 17.7 Å². The molecule has 0 spiro atoms. The molecule has 3 aromatic rings. The molecule has 0 unspecified atom stereocenters. The first-order valence-corrected chi connectivity index (χ1v) is 10.9. The van der Waals surface area contributed by atoms with E-state index in [0.29, 0.717) is 42.1 Å². The third-order valence-corrected chi connectivity index (χ3v) is 5.34. The van der Waals surface area contributed by atoms with E-state index in [9.17, 15) is 18.0 Å². The van der Waals surface area contributed by atoms with Crippen LogP contribution in [-0.2, 0) is 17.4 Å². The van der Waals surface area contributed by atoms with Crippen molar-refractivity contribution in [1.29, 1.82) is 0 Å². The van der Waals surface area contributed by atoms with Crippen LogP contribution in [0.25, 0.3) is 11.1 Å². The first-order chi connectivity index (χ1) is 16.1. The van der Waals surface area contributed by atoms with Crippen molar-refractivity contribution in [2.45, 2.75) is 45.4 Å². The van der Waals surface area contributed by atoms with Crippen LogP contribution in [0, 0.1) is 6.92 Å². The number of nitrogens with zero attached hydrogens (tertiary/aromatic N) is 1. The van der Waals surface area contributed by atoms with E-state index >= 15 is 0 Å². The summed E-state index contributed by atoms with van der Waals surface area (Å²) in [4.78, 5) is 14.7. The van der Waals surface area contributed by atoms with Crippen LogP contribution in [0.5, 0.6) is 11.5 Å². The first kappa shape index (κ1) is 25.1. The Morgan fingerprint density at radius 2 is 1.82 bits per heavy atom. The number of aliphatic carboxylic acids is 1. The van der Waals surface area contributed by atoms with Gasteiger partial charge in [-0.15, -0.1) is 0 Å². The van der Waals surface area contributed by atoms with Crippen LogP contribution in [0.15, 0.2) is 60.9 Å². The first-order valence-electron chi connectivity index (χ1n) is 10.9. The van der Waals surface area contributed by atoms with Gasteiger partial charge >= 0.3 is 12.1 Å². The molecular formula is C26H26F3NO4. The fourth-order valence-corrected chi connectivity index (χ4v) is 3.46. The third kappa shape index (κ3) is 6.97. The molecule has 1 heterocycles. The Kier molecular flexibility index (Phi) is 8.15. The fourth-order valence-electron chi connectivity index (χ4n) is 3.46. The molecule has 0 fully saturated rings. The van der Waals surface area contributed by atoms with Crippen LogP contribution in [-0.4, -0.2) is 28.8 Å². The van der Waals surface area contributed by atoms with Gasteiger partial charge < -0.3 is 14.6 Å². The van der Waals surface area contributed by atoms with Gasteiger partial charge in [0.15, 0.2) is 0 Å². The SMILES string of the molecule is Cc1cc(OCC[C@@H](C)Oc2ccc(C(F)(F)F)cc2-c2ccncc2)ccc1CCC(=O)O. The summed E-state index contributed by atoms with van der Waals surface area (Å²) < 4.78 is 51.5. The maximum absolute atomic E-state index is 13.2. The van der Waals surface area contributed by atoms with E-state index in [-0.39, 0.29) is 12.5 Å². The van der Waals surface area contributed by atoms with Crippen LogP contribution >= 0.6 is 0 Å². The largest absolute Gasteiger partial charge is 0.493 e. The van der Waals surface area contributed by atoms with E-state index in [1.165, 1.54) is 18.5 Å². The van der Waals surface area contributed by atoms with Crippen LogP contribution < -0.4 is 9.47 Å². The summed E-state index contributed by atoms with van der Waals surface area (Å²) in [5.74, 6) is 0.176. The molecule has 0 aliphatic rings. The van der Waals surface area contributed by atoms with Gasteiger partial charge in [-0.3, -0.25) is 9.78 Å². The lowest BCUT2D eigenvalue weighted by Gasteiger charge is -2.19. The van der Waals surface area contributed by atoms with Crippen LogP contribution in [0.3, 0.4) is 0 Å². The molecule has 0 amide bonds. The molecule has 34 heavy (non-hydrogen) atoms. The van der Waals surface area contributed by atoms with Crippen molar-refractivity contribution in [2.75, 3.05) is 6.61 Å². The zero-order valence-electron chi connectivity index (χ0n) is 18.9. The van der Waals surface area contributed by atoms with Gasteiger partial charge in [-0.05, 0) is 79.4 Å². The minimum Gasteiger partial charge on any atom is -0.493 e. The maximum atomic E-state index is 13.2. The lowest BCUT2D eigenvalue weighted by atomic mass is 10.0. The van der Waals surface area contributed by atoms with Crippen molar-refractivity contribution in [3.63, 3.8) is 0 Å². The Labute approximate surface area is 196 Å². The molecule has 3 rings (SSSR count). The number of aryl methyl sites for hydroxylation is 2. The number of pyridine rings is 1. The highest BCUT2D eigenvalue weighted by Gasteiger charge is 2.31. The summed E-state index contributed by atoms with van der Waals surface area (Å²) in [5, 5.41) is 8.84. The number of benzene rings is 2. The Morgan fingerprint density at radius 3 is 2.47 bits per heavy atom. The minimum atomic E-state index is -4.46. The highest BCUT2D eigenvalue weighted by atomic mass is 19.4. The molecule has 0 aliphatic heterocycles. The topological polar surface area (TPSA) is 68.7 Å². The minimum absolute atomic E-state index is 0.0708. The molecule has 0 bridgehead atoms. The monoisotopic (exact) mass is 473 g/mol. The third-order valence-electron chi connectivity index (χ3n) is 5.34. The predicted molar refractivity (Wildman–Crippen MR) is 122 cm³/mol. The molecule has 1 aromatic heterocycles. The number of alkyl halides is 3. The van der Waals surface area contributed by atoms with Crippen LogP contribution in [0.4, 0.5) is 13.2 Å². The molecule has 1 N–H and O–H groups in total. The molecule has 180 valence electrons. The Hall–Kier alpha value is -3.55. The molecule has 5 nitrogen and oxygen atoms in total. The van der Waals surface area contributed by atoms with Gasteiger partial charge in [0.05, 0.1) is 18.3 Å². The zero-order valence-corrected chi connectivity index (χ0v) is 18.9. The van der Waals surface area contributed by atoms with Crippen molar-refractivity contribution in [3.8, 4) is 22.6 Å². The van der Waals surface area contributed by atoms with Crippen molar-refractivity contribution in [3.05, 3.63) is 77.6 Å². The highest BCUT2D eigenvalue weighted by Crippen LogP contribution is 2.37. The number of hydrogen-bond acceptors (Lipinski definition) is 4. The lowest BCUT2D eigenvalue weighted by molar-refractivity contribution is -0.138. The summed E-state index contributed by atoms with van der Waals surface area (Å²) >= 11 is 0. The summed E-state index contributed by atoms with van der Waals surface area (Å²) in [6.07, 6.45) is -0.691. The standard InChI is InChI=1S/C26H26F3NO4/c1-17-15-22(6-3-19(17)4-8-25(31)32)33-14-11-18(2)34-24-7-5-21(26(27,28)29)16-23(24)20-9-12-30-13-10-20/h3,5-7,9-10,12-13,15-16,18H,4,8,11,14H2,1-2H3,(H,31,32)/t18-/m1/s1. The molecule has 0 saturated carbocycles. The van der Waals surface area contributed by atoms with Crippen molar-refractivity contribution in [2.24, 2.45) is 0 Å². The summed E-state index contributed by atoms with van der Waals surface area (Å²) in [7, 11) is 0. The van der Waals surface area contributed by atoms with Gasteiger partial charge in [0.1, 0.15) is 11.5 Å². The normalized spacial score (nSPS) is 12.3. The Bertz CT molecular complexity index is 1120. The molecular weight excluding hydrogens is 447 g/mol. The maximum Gasteiger partial charge on any atom is 0.416 e. The quantitative estimate of drug-likeness (QED) is 0.373. The van der Waals surface area contributed by atoms with Crippen LogP contribution in [0.1, 0.15) is 36.5 Å². The van der Waals surface area contributed by atoms with Gasteiger partial charge in [0, 0.05) is 30.8 Å². The Balaban J connectivity index is 1.63. The zero-order chi connectivity index (χ0) is 24.7. The van der Waals surface area contributed by atoms with Gasteiger partial charge in [0.25, 0.3) is 0 Å². The molecule has 0 saturated heterocycles. The van der Waals surface area contributed by atoms with Crippen molar-refractivity contribution in [1.82, 2.24) is 4.98 Å². The number of aromatic nitrogens is 1. The molecule has 1 atom stereocenters. The predicted octanol–water partition coefficient (Wildman–Crippen LogP) is 6.33. The van der Waals surface area contributed by atoms with E-state index in [2.05, 4.69) is 4.98 Å². The second-order valence-electron chi connectivity index (χ2n) is 7.99. The molecule has 2 aromatic carbocycles. The number of carboxylic acids is 1. The number of halogens is 3. The average molecular weight is 473 g/mol. The fraction of sp³-hybridized carbons (Fsp3) is 0.308.